The molecule has 0 bridgehead atoms. The quantitative estimate of drug-likeness (QED) is 0.644. The van der Waals surface area contributed by atoms with Gasteiger partial charge < -0.3 is 14.6 Å². The number of benzene rings is 1. The van der Waals surface area contributed by atoms with Crippen LogP contribution in [0.15, 0.2) is 18.2 Å². The van der Waals surface area contributed by atoms with Crippen LogP contribution in [0.3, 0.4) is 0 Å². The maximum Gasteiger partial charge on any atom is 0.267 e. The van der Waals surface area contributed by atoms with Crippen LogP contribution in [0.2, 0.25) is 0 Å². The molecule has 0 saturated heterocycles. The molecule has 0 radical (unpaired) electrons. The van der Waals surface area contributed by atoms with E-state index in [2.05, 4.69) is 0 Å². The maximum absolute atomic E-state index is 11.2. The van der Waals surface area contributed by atoms with Crippen LogP contribution in [-0.2, 0) is 5.54 Å². The summed E-state index contributed by atoms with van der Waals surface area (Å²) in [6.45, 7) is 0.823. The lowest BCUT2D eigenvalue weighted by atomic mass is 9.93. The first-order valence-electron chi connectivity index (χ1n) is 7.12. The number of methoxy groups -OCH3 is 1. The van der Waals surface area contributed by atoms with Gasteiger partial charge in [0.05, 0.1) is 13.2 Å². The molecule has 1 N–H and O–H groups in total. The highest BCUT2D eigenvalue weighted by molar-refractivity contribution is 5.44. The molecule has 6 nitrogen and oxygen atoms in total. The van der Waals surface area contributed by atoms with Gasteiger partial charge in [-0.15, -0.1) is 0 Å². The average Bonchev–Trinajstić information content (AvgIpc) is 2.99. The molecule has 1 aliphatic carbocycles. The highest BCUT2D eigenvalue weighted by Gasteiger charge is 2.39. The number of hydrogen-bond donors (Lipinski definition) is 1. The van der Waals surface area contributed by atoms with E-state index in [0.29, 0.717) is 17.1 Å². The van der Waals surface area contributed by atoms with E-state index < -0.39 is 17.1 Å². The predicted octanol–water partition coefficient (Wildman–Crippen LogP) is 2.50. The molecule has 0 amide bonds. The summed E-state index contributed by atoms with van der Waals surface area (Å²) in [7, 11) is 1.54. The SMILES string of the molecule is COc1ccc(C(C)(CO)[N+](=O)[O-])cc1OC1CCCC1. The molecule has 2 rings (SSSR count). The highest BCUT2D eigenvalue weighted by atomic mass is 16.6. The van der Waals surface area contributed by atoms with E-state index in [-0.39, 0.29) is 6.10 Å². The van der Waals surface area contributed by atoms with E-state index in [4.69, 9.17) is 9.47 Å². The molecule has 1 saturated carbocycles. The van der Waals surface area contributed by atoms with Gasteiger partial charge in [0.1, 0.15) is 6.61 Å². The summed E-state index contributed by atoms with van der Waals surface area (Å²) >= 11 is 0. The molecule has 1 atom stereocenters. The first-order valence-corrected chi connectivity index (χ1v) is 7.12. The van der Waals surface area contributed by atoms with Crippen LogP contribution in [-0.4, -0.2) is 29.9 Å². The van der Waals surface area contributed by atoms with Crippen LogP contribution >= 0.6 is 0 Å². The minimum Gasteiger partial charge on any atom is -0.493 e. The Morgan fingerprint density at radius 3 is 2.57 bits per heavy atom. The van der Waals surface area contributed by atoms with Crippen LogP contribution in [0.1, 0.15) is 38.2 Å². The molecule has 1 aromatic carbocycles. The fourth-order valence-corrected chi connectivity index (χ4v) is 2.54. The first-order chi connectivity index (χ1) is 10.0. The monoisotopic (exact) mass is 295 g/mol. The summed E-state index contributed by atoms with van der Waals surface area (Å²) in [4.78, 5) is 10.8. The Morgan fingerprint density at radius 2 is 2.05 bits per heavy atom. The first kappa shape index (κ1) is 15.6. The second kappa shape index (κ2) is 6.30. The number of aliphatic hydroxyl groups excluding tert-OH is 1. The third kappa shape index (κ3) is 3.10. The lowest BCUT2D eigenvalue weighted by molar-refractivity contribution is -0.578. The fraction of sp³-hybridized carbons (Fsp3) is 0.600. The average molecular weight is 295 g/mol. The van der Waals surface area contributed by atoms with E-state index in [1.807, 2.05) is 0 Å². The standard InChI is InChI=1S/C15H21NO5/c1-15(10-17,16(18)19)11-7-8-13(20-2)14(9-11)21-12-5-3-4-6-12/h7-9,12,17H,3-6,10H2,1-2H3. The van der Waals surface area contributed by atoms with Gasteiger partial charge in [0.25, 0.3) is 5.54 Å². The molecule has 0 aliphatic heterocycles. The predicted molar refractivity (Wildman–Crippen MR) is 77.3 cm³/mol. The van der Waals surface area contributed by atoms with E-state index in [9.17, 15) is 15.2 Å². The fourth-order valence-electron chi connectivity index (χ4n) is 2.54. The van der Waals surface area contributed by atoms with Crippen molar-refractivity contribution in [3.05, 3.63) is 33.9 Å². The van der Waals surface area contributed by atoms with Crippen molar-refractivity contribution >= 4 is 0 Å². The third-order valence-corrected chi connectivity index (χ3v) is 4.09. The summed E-state index contributed by atoms with van der Waals surface area (Å²) in [6.07, 6.45) is 4.37. The summed E-state index contributed by atoms with van der Waals surface area (Å²) in [6, 6.07) is 4.85. The number of ether oxygens (including phenoxy) is 2. The topological polar surface area (TPSA) is 81.8 Å². The molecular formula is C15H21NO5. The maximum atomic E-state index is 11.2. The second-order valence-corrected chi connectivity index (χ2v) is 5.58. The molecule has 0 heterocycles. The second-order valence-electron chi connectivity index (χ2n) is 5.58. The number of nitro groups is 1. The number of hydrogen-bond acceptors (Lipinski definition) is 5. The van der Waals surface area contributed by atoms with Crippen molar-refractivity contribution in [3.63, 3.8) is 0 Å². The Bertz CT molecular complexity index is 513. The van der Waals surface area contributed by atoms with Gasteiger partial charge in [0.2, 0.25) is 0 Å². The smallest absolute Gasteiger partial charge is 0.267 e. The van der Waals surface area contributed by atoms with E-state index in [1.165, 1.54) is 14.0 Å². The van der Waals surface area contributed by atoms with Gasteiger partial charge >= 0.3 is 0 Å². The molecule has 1 aromatic rings. The van der Waals surface area contributed by atoms with Gasteiger partial charge in [0.15, 0.2) is 11.5 Å². The Morgan fingerprint density at radius 1 is 1.38 bits per heavy atom. The van der Waals surface area contributed by atoms with E-state index in [1.54, 1.807) is 18.2 Å². The zero-order valence-electron chi connectivity index (χ0n) is 12.4. The largest absolute Gasteiger partial charge is 0.493 e. The molecule has 21 heavy (non-hydrogen) atoms. The van der Waals surface area contributed by atoms with Crippen LogP contribution in [0.25, 0.3) is 0 Å². The van der Waals surface area contributed by atoms with Gasteiger partial charge in [-0.05, 0) is 43.9 Å². The van der Waals surface area contributed by atoms with Crippen molar-refractivity contribution in [2.45, 2.75) is 44.2 Å². The summed E-state index contributed by atoms with van der Waals surface area (Å²) in [5.74, 6) is 1.05. The molecule has 1 aliphatic rings. The Balaban J connectivity index is 2.34. The van der Waals surface area contributed by atoms with Crippen LogP contribution in [0, 0.1) is 10.1 Å². The molecule has 0 aromatic heterocycles. The minimum atomic E-state index is -1.54. The van der Waals surface area contributed by atoms with Gasteiger partial charge in [-0.2, -0.15) is 0 Å². The van der Waals surface area contributed by atoms with E-state index >= 15 is 0 Å². The van der Waals surface area contributed by atoms with Gasteiger partial charge in [0, 0.05) is 17.4 Å². The van der Waals surface area contributed by atoms with Crippen molar-refractivity contribution in [1.82, 2.24) is 0 Å². The molecule has 1 fully saturated rings. The summed E-state index contributed by atoms with van der Waals surface area (Å²) in [5, 5.41) is 20.6. The Labute approximate surface area is 123 Å². The molecule has 6 heteroatoms. The zero-order valence-corrected chi connectivity index (χ0v) is 12.4. The van der Waals surface area contributed by atoms with Gasteiger partial charge in [-0.3, -0.25) is 10.1 Å². The zero-order chi connectivity index (χ0) is 15.5. The molecule has 1 unspecified atom stereocenters. The molecule has 116 valence electrons. The van der Waals surface area contributed by atoms with E-state index in [0.717, 1.165) is 25.7 Å². The molecular weight excluding hydrogens is 274 g/mol. The number of nitrogens with zero attached hydrogens (tertiary/aromatic N) is 1. The van der Waals surface area contributed by atoms with Gasteiger partial charge in [-0.1, -0.05) is 0 Å². The van der Waals surface area contributed by atoms with Crippen molar-refractivity contribution < 1.29 is 19.5 Å². The summed E-state index contributed by atoms with van der Waals surface area (Å²) < 4.78 is 11.2. The highest BCUT2D eigenvalue weighted by Crippen LogP contribution is 2.36. The van der Waals surface area contributed by atoms with Gasteiger partial charge in [-0.25, -0.2) is 0 Å². The third-order valence-electron chi connectivity index (χ3n) is 4.09. The van der Waals surface area contributed by atoms with Crippen molar-refractivity contribution in [2.75, 3.05) is 13.7 Å². The van der Waals surface area contributed by atoms with Crippen molar-refractivity contribution in [2.24, 2.45) is 0 Å². The normalized spacial score (nSPS) is 18.2. The van der Waals surface area contributed by atoms with Crippen LogP contribution < -0.4 is 9.47 Å². The Hall–Kier alpha value is -1.82. The summed E-state index contributed by atoms with van der Waals surface area (Å²) in [5.41, 5.74) is -1.14. The lowest BCUT2D eigenvalue weighted by Gasteiger charge is -2.21. The number of aliphatic hydroxyl groups is 1. The van der Waals surface area contributed by atoms with Crippen molar-refractivity contribution in [1.29, 1.82) is 0 Å². The Kier molecular flexibility index (Phi) is 4.67. The van der Waals surface area contributed by atoms with Crippen LogP contribution in [0.5, 0.6) is 11.5 Å². The van der Waals surface area contributed by atoms with Crippen LogP contribution in [0.4, 0.5) is 0 Å². The van der Waals surface area contributed by atoms with Crippen molar-refractivity contribution in [3.8, 4) is 11.5 Å². The number of rotatable bonds is 6. The minimum absolute atomic E-state index is 0.130. The molecule has 0 spiro atoms. The lowest BCUT2D eigenvalue weighted by Crippen LogP contribution is -2.35.